The van der Waals surface area contributed by atoms with Gasteiger partial charge in [-0.2, -0.15) is 10.5 Å². The number of amidine groups is 1. The Hall–Kier alpha value is -7.75. The summed E-state index contributed by atoms with van der Waals surface area (Å²) in [5.74, 6) is 0.786. The van der Waals surface area contributed by atoms with Crippen LogP contribution in [0.2, 0.25) is 0 Å². The minimum absolute atomic E-state index is 0.101. The zero-order valence-corrected chi connectivity index (χ0v) is 38.2. The molecule has 6 aromatic rings. The minimum Gasteiger partial charge on any atom is -0.508 e. The number of hydrogen-bond acceptors (Lipinski definition) is 8. The molecule has 65 heavy (non-hydrogen) atoms. The molecule has 0 aliphatic rings. The van der Waals surface area contributed by atoms with Crippen molar-refractivity contribution in [1.82, 2.24) is 0 Å². The number of phenolic OH excluding ortho intramolecular Hbond substituents is 3. The van der Waals surface area contributed by atoms with Crippen LogP contribution in [0.4, 0.5) is 5.69 Å². The molecule has 6 aromatic carbocycles. The van der Waals surface area contributed by atoms with Crippen molar-refractivity contribution in [2.24, 2.45) is 10.9 Å². The highest BCUT2D eigenvalue weighted by Gasteiger charge is 2.17. The van der Waals surface area contributed by atoms with Crippen molar-refractivity contribution in [3.63, 3.8) is 0 Å². The molecular formula is C56H61N5O4. The van der Waals surface area contributed by atoms with Crippen molar-refractivity contribution in [3.8, 4) is 62.8 Å². The van der Waals surface area contributed by atoms with Crippen LogP contribution in [-0.2, 0) is 32.1 Å². The van der Waals surface area contributed by atoms with Gasteiger partial charge in [0.1, 0.15) is 23.3 Å². The fourth-order valence-corrected chi connectivity index (χ4v) is 7.61. The van der Waals surface area contributed by atoms with Crippen LogP contribution in [-0.4, -0.2) is 26.4 Å². The van der Waals surface area contributed by atoms with Crippen LogP contribution in [0.1, 0.15) is 98.4 Å². The number of aryl methyl sites for hydroxylation is 3. The van der Waals surface area contributed by atoms with E-state index in [1.165, 1.54) is 5.56 Å². The van der Waals surface area contributed by atoms with E-state index >= 15 is 0 Å². The average Bonchev–Trinajstić information content (AvgIpc) is 3.28. The third-order valence-corrected chi connectivity index (χ3v) is 10.6. The van der Waals surface area contributed by atoms with Crippen LogP contribution in [0, 0.1) is 22.7 Å². The van der Waals surface area contributed by atoms with E-state index in [-0.39, 0.29) is 23.1 Å². The van der Waals surface area contributed by atoms with Gasteiger partial charge in [0.05, 0.1) is 22.9 Å². The van der Waals surface area contributed by atoms with Crippen molar-refractivity contribution in [1.29, 1.82) is 10.5 Å². The Balaban J connectivity index is 0.000000215. The quantitative estimate of drug-likeness (QED) is 0.0155. The second kappa shape index (κ2) is 24.2. The normalized spacial score (nSPS) is 10.7. The molecular weight excluding hydrogens is 807 g/mol. The van der Waals surface area contributed by atoms with Crippen molar-refractivity contribution in [2.45, 2.75) is 86.0 Å². The third-order valence-electron chi connectivity index (χ3n) is 10.6. The highest BCUT2D eigenvalue weighted by molar-refractivity contribution is 6.00. The van der Waals surface area contributed by atoms with E-state index in [4.69, 9.17) is 16.7 Å². The van der Waals surface area contributed by atoms with Crippen LogP contribution in [0.25, 0.3) is 33.4 Å². The number of allylic oxidation sites excluding steroid dienone is 2. The molecule has 0 unspecified atom stereocenters. The molecule has 0 aromatic heterocycles. The van der Waals surface area contributed by atoms with Crippen LogP contribution in [0.3, 0.4) is 0 Å². The summed E-state index contributed by atoms with van der Waals surface area (Å²) in [6.45, 7) is 18.3. The van der Waals surface area contributed by atoms with Gasteiger partial charge in [-0.25, -0.2) is 0 Å². The molecule has 0 radical (unpaired) electrons. The molecule has 0 bridgehead atoms. The number of nitrogens with two attached hydrogens (primary N) is 2. The largest absolute Gasteiger partial charge is 0.508 e. The summed E-state index contributed by atoms with van der Waals surface area (Å²) in [6.07, 6.45) is 7.16. The molecule has 8 N–H and O–H groups in total. The first-order chi connectivity index (χ1) is 31.2. The average molecular weight is 868 g/mol. The zero-order valence-electron chi connectivity index (χ0n) is 38.2. The maximum absolute atomic E-state index is 9.55. The minimum atomic E-state index is 0.101. The Labute approximate surface area is 384 Å². The van der Waals surface area contributed by atoms with Gasteiger partial charge >= 0.3 is 0 Å². The third kappa shape index (κ3) is 13.9. The predicted octanol–water partition coefficient (Wildman–Crippen LogP) is 12.7. The standard InChI is InChI=1S/C20H24N2O2.C20H21NO.C16H16N2O/c1-4-5-14-11-17(15-6-8-16(23)9-7-15)18(10-13(2)3)19(12-14)20(21)22-24;1-4-5-15-11-17(13-21)19(10-14(2)3)20(12-15)16-6-8-18(22)9-7-16;1-2-3-11-8-13(10-17)16(18)15(9-11)12-4-6-14(19)7-5-12/h6-9,11-12,23-24H,2,4-5,10H2,1,3H3,(H2,21,22);6-9,11-12,22H,2,4-5,10H2,1,3H3;4-9,19H,2-3,18H2,1H3. The van der Waals surface area contributed by atoms with E-state index in [9.17, 15) is 25.8 Å². The van der Waals surface area contributed by atoms with E-state index in [1.807, 2.05) is 62.4 Å². The Morgan fingerprint density at radius 2 is 0.908 bits per heavy atom. The summed E-state index contributed by atoms with van der Waals surface area (Å²) in [5, 5.41) is 59.4. The number of oxime groups is 1. The van der Waals surface area contributed by atoms with Crippen LogP contribution >= 0.6 is 0 Å². The number of hydrogen-bond donors (Lipinski definition) is 6. The Morgan fingerprint density at radius 3 is 1.29 bits per heavy atom. The Bertz CT molecular complexity index is 2700. The first kappa shape index (κ1) is 49.9. The number of nitrogen functional groups attached to an aromatic ring is 1. The molecule has 0 saturated heterocycles. The van der Waals surface area contributed by atoms with Gasteiger partial charge in [-0.1, -0.05) is 118 Å². The first-order valence-corrected chi connectivity index (χ1v) is 21.9. The summed E-state index contributed by atoms with van der Waals surface area (Å²) < 4.78 is 0. The number of anilines is 1. The molecule has 0 aliphatic carbocycles. The lowest BCUT2D eigenvalue weighted by Gasteiger charge is -2.17. The van der Waals surface area contributed by atoms with Gasteiger partial charge in [-0.05, 0) is 162 Å². The fraction of sp³-hybridized carbons (Fsp3) is 0.232. The monoisotopic (exact) mass is 867 g/mol. The van der Waals surface area contributed by atoms with Gasteiger partial charge in [0, 0.05) is 11.1 Å². The number of aromatic hydroxyl groups is 3. The summed E-state index contributed by atoms with van der Waals surface area (Å²) >= 11 is 0. The number of nitriles is 2. The Kier molecular flexibility index (Phi) is 18.6. The van der Waals surface area contributed by atoms with E-state index in [0.29, 0.717) is 24.1 Å². The van der Waals surface area contributed by atoms with E-state index in [1.54, 1.807) is 48.5 Å². The zero-order chi connectivity index (χ0) is 47.6. The van der Waals surface area contributed by atoms with Crippen molar-refractivity contribution in [3.05, 3.63) is 178 Å². The molecule has 0 heterocycles. The molecule has 9 heteroatoms. The molecule has 0 aliphatic heterocycles. The first-order valence-electron chi connectivity index (χ1n) is 21.9. The van der Waals surface area contributed by atoms with Gasteiger partial charge in [0.25, 0.3) is 0 Å². The van der Waals surface area contributed by atoms with Gasteiger partial charge in [0.2, 0.25) is 0 Å². The molecule has 334 valence electrons. The highest BCUT2D eigenvalue weighted by atomic mass is 16.4. The number of rotatable bonds is 14. The smallest absolute Gasteiger partial charge is 0.170 e. The lowest BCUT2D eigenvalue weighted by atomic mass is 9.88. The summed E-state index contributed by atoms with van der Waals surface area (Å²) in [4.78, 5) is 0. The van der Waals surface area contributed by atoms with Crippen molar-refractivity contribution in [2.75, 3.05) is 5.73 Å². The fourth-order valence-electron chi connectivity index (χ4n) is 7.61. The molecule has 0 fully saturated rings. The van der Waals surface area contributed by atoms with E-state index < -0.39 is 0 Å². The summed E-state index contributed by atoms with van der Waals surface area (Å²) in [6, 6.07) is 37.7. The second-order valence-electron chi connectivity index (χ2n) is 16.3. The maximum Gasteiger partial charge on any atom is 0.170 e. The van der Waals surface area contributed by atoms with Crippen LogP contribution < -0.4 is 11.5 Å². The molecule has 0 spiro atoms. The van der Waals surface area contributed by atoms with Gasteiger partial charge in [-0.3, -0.25) is 0 Å². The van der Waals surface area contributed by atoms with Gasteiger partial charge in [-0.15, -0.1) is 0 Å². The number of phenols is 3. The molecule has 6 rings (SSSR count). The second-order valence-corrected chi connectivity index (χ2v) is 16.3. The highest BCUT2D eigenvalue weighted by Crippen LogP contribution is 2.34. The predicted molar refractivity (Wildman–Crippen MR) is 266 cm³/mol. The van der Waals surface area contributed by atoms with Crippen LogP contribution in [0.15, 0.2) is 139 Å². The summed E-state index contributed by atoms with van der Waals surface area (Å²) in [7, 11) is 0. The molecule has 0 amide bonds. The maximum atomic E-state index is 9.55. The van der Waals surface area contributed by atoms with Gasteiger partial charge < -0.3 is 32.0 Å². The molecule has 0 atom stereocenters. The SMILES string of the molecule is C=C(C)Cc1c(/C(N)=N/O)cc(CCC)cc1-c1ccc(O)cc1.C=C(C)Cc1c(C#N)cc(CCC)cc1-c1ccc(O)cc1.CCCc1cc(C#N)c(N)c(-c2ccc(O)cc2)c1. The van der Waals surface area contributed by atoms with E-state index in [2.05, 4.69) is 63.4 Å². The topological polar surface area (TPSA) is 193 Å². The molecule has 9 nitrogen and oxygen atoms in total. The van der Waals surface area contributed by atoms with Gasteiger partial charge in [0.15, 0.2) is 5.84 Å². The summed E-state index contributed by atoms with van der Waals surface area (Å²) in [5.41, 5.74) is 27.7. The van der Waals surface area contributed by atoms with Crippen molar-refractivity contribution >= 4 is 11.5 Å². The van der Waals surface area contributed by atoms with E-state index in [0.717, 1.165) is 116 Å². The van der Waals surface area contributed by atoms with Crippen LogP contribution in [0.5, 0.6) is 17.2 Å². The Morgan fingerprint density at radius 1 is 0.554 bits per heavy atom. The number of nitrogens with zero attached hydrogens (tertiary/aromatic N) is 3. The number of benzene rings is 6. The molecule has 0 saturated carbocycles. The van der Waals surface area contributed by atoms with Crippen molar-refractivity contribution < 1.29 is 20.5 Å². The lowest BCUT2D eigenvalue weighted by molar-refractivity contribution is 0.318. The lowest BCUT2D eigenvalue weighted by Crippen LogP contribution is -2.17.